The van der Waals surface area contributed by atoms with Crippen LogP contribution in [0.1, 0.15) is 120 Å². The zero-order valence-electron chi connectivity index (χ0n) is 30.5. The first-order valence-corrected chi connectivity index (χ1v) is 17.7. The summed E-state index contributed by atoms with van der Waals surface area (Å²) < 4.78 is 5.62. The van der Waals surface area contributed by atoms with Crippen molar-refractivity contribution in [2.45, 2.75) is 149 Å². The Morgan fingerprint density at radius 1 is 1.00 bits per heavy atom. The van der Waals surface area contributed by atoms with Crippen LogP contribution in [0.2, 0.25) is 0 Å². The van der Waals surface area contributed by atoms with Crippen molar-refractivity contribution >= 4 is 35.5 Å². The number of nitrogens with one attached hydrogen (secondary N) is 3. The van der Waals surface area contributed by atoms with Crippen LogP contribution in [-0.2, 0) is 28.7 Å². The maximum absolute atomic E-state index is 14.9. The fraction of sp³-hybridized carbons (Fsp3) is 0.778. The van der Waals surface area contributed by atoms with Gasteiger partial charge in [0.2, 0.25) is 11.7 Å². The summed E-state index contributed by atoms with van der Waals surface area (Å²) in [7, 11) is 0. The van der Waals surface area contributed by atoms with Gasteiger partial charge in [0.1, 0.15) is 23.2 Å². The zero-order valence-corrected chi connectivity index (χ0v) is 30.5. The molecule has 5 N–H and O–H groups in total. The number of esters is 1. The fourth-order valence-electron chi connectivity index (χ4n) is 6.95. The molecule has 5 amide bonds. The molecule has 3 rings (SSSR count). The summed E-state index contributed by atoms with van der Waals surface area (Å²) in [6, 6.07) is -3.69. The molecular formula is C36H59N5O7. The average Bonchev–Trinajstić information content (AvgIpc) is 3.65. The minimum absolute atomic E-state index is 0.0139. The number of ketones is 1. The molecule has 3 unspecified atom stereocenters. The van der Waals surface area contributed by atoms with Crippen molar-refractivity contribution in [2.75, 3.05) is 6.54 Å². The van der Waals surface area contributed by atoms with Gasteiger partial charge < -0.3 is 31.3 Å². The van der Waals surface area contributed by atoms with Gasteiger partial charge in [0.15, 0.2) is 0 Å². The van der Waals surface area contributed by atoms with Crippen molar-refractivity contribution < 1.29 is 33.5 Å². The standard InChI is InChI=1S/C36H59N5O7/c1-10-36(24-16-11-12-17-24,40-33(47)39-28(34(4,5)6)31(45)48-35(7,8)9)32(46)41-20-23(21(2)3)19-26(41)30(44)38-25(27(42)29(37)43)18-22-14-13-15-22/h16,21-23,25-26,28H,10-15,17-20H2,1-9H3,(H2,37,43)(H,38,44)(H2,39,40,47)/t23?,25?,26-,28?,36-/m0/s1. The number of allylic oxidation sites excluding steroid dienone is 1. The zero-order chi connectivity index (χ0) is 36.2. The summed E-state index contributed by atoms with van der Waals surface area (Å²) in [5, 5.41) is 8.56. The van der Waals surface area contributed by atoms with Gasteiger partial charge in [-0.3, -0.25) is 19.2 Å². The molecule has 5 atom stereocenters. The molecule has 0 aromatic rings. The highest BCUT2D eigenvalue weighted by atomic mass is 16.6. The van der Waals surface area contributed by atoms with Crippen LogP contribution in [0.15, 0.2) is 11.6 Å². The lowest BCUT2D eigenvalue weighted by molar-refractivity contribution is -0.160. The molecule has 1 saturated carbocycles. The van der Waals surface area contributed by atoms with Crippen LogP contribution in [0.4, 0.5) is 4.79 Å². The summed E-state index contributed by atoms with van der Waals surface area (Å²) in [5.74, 6) is -3.12. The molecule has 2 fully saturated rings. The van der Waals surface area contributed by atoms with E-state index in [0.29, 0.717) is 19.3 Å². The quantitative estimate of drug-likeness (QED) is 0.130. The predicted octanol–water partition coefficient (Wildman–Crippen LogP) is 3.90. The Kier molecular flexibility index (Phi) is 12.5. The van der Waals surface area contributed by atoms with E-state index in [9.17, 15) is 28.8 Å². The van der Waals surface area contributed by atoms with Crippen LogP contribution in [0, 0.1) is 23.2 Å². The first-order valence-electron chi connectivity index (χ1n) is 17.7. The van der Waals surface area contributed by atoms with Crippen LogP contribution < -0.4 is 21.7 Å². The Balaban J connectivity index is 1.95. The van der Waals surface area contributed by atoms with Gasteiger partial charge in [-0.05, 0) is 88.0 Å². The SMILES string of the molecule is CC[C@@](NC(=O)NC(C(=O)OC(C)(C)C)C(C)(C)C)(C(=O)N1CC(C(C)C)C[C@H]1C(=O)NC(CC1CCC1)C(=O)C(N)=O)C1=CCCC1. The van der Waals surface area contributed by atoms with Gasteiger partial charge in [-0.25, -0.2) is 9.59 Å². The molecule has 0 aromatic carbocycles. The molecule has 0 radical (unpaired) electrons. The van der Waals surface area contributed by atoms with Crippen molar-refractivity contribution in [3.8, 4) is 0 Å². The van der Waals surface area contributed by atoms with E-state index in [1.54, 1.807) is 20.8 Å². The number of nitrogens with zero attached hydrogens (tertiary/aromatic N) is 1. The molecule has 1 aliphatic heterocycles. The number of carbonyl (C=O) groups is 6. The summed E-state index contributed by atoms with van der Waals surface area (Å²) in [5.41, 5.74) is 3.16. The number of likely N-dealkylation sites (tertiary alicyclic amines) is 1. The molecule has 270 valence electrons. The van der Waals surface area contributed by atoms with E-state index in [2.05, 4.69) is 16.0 Å². The summed E-state index contributed by atoms with van der Waals surface area (Å²) >= 11 is 0. The molecule has 1 heterocycles. The number of carbonyl (C=O) groups excluding carboxylic acids is 6. The average molecular weight is 674 g/mol. The second-order valence-corrected chi connectivity index (χ2v) is 16.3. The highest BCUT2D eigenvalue weighted by molar-refractivity contribution is 6.37. The predicted molar refractivity (Wildman–Crippen MR) is 182 cm³/mol. The van der Waals surface area contributed by atoms with Gasteiger partial charge in [-0.2, -0.15) is 0 Å². The Labute approximate surface area is 286 Å². The number of rotatable bonds is 13. The Morgan fingerprint density at radius 3 is 2.10 bits per heavy atom. The number of amides is 5. The molecule has 1 saturated heterocycles. The van der Waals surface area contributed by atoms with Gasteiger partial charge in [0, 0.05) is 6.54 Å². The minimum atomic E-state index is -1.48. The molecule has 0 aromatic heterocycles. The molecule has 3 aliphatic rings. The Hall–Kier alpha value is -3.44. The summed E-state index contributed by atoms with van der Waals surface area (Å²) in [4.78, 5) is 82.1. The van der Waals surface area contributed by atoms with Crippen molar-refractivity contribution in [3.63, 3.8) is 0 Å². The number of ether oxygens (including phenoxy) is 1. The van der Waals surface area contributed by atoms with Crippen LogP contribution in [0.5, 0.6) is 0 Å². The normalized spacial score (nSPS) is 22.5. The van der Waals surface area contributed by atoms with Crippen molar-refractivity contribution in [2.24, 2.45) is 28.9 Å². The van der Waals surface area contributed by atoms with Crippen LogP contribution in [0.3, 0.4) is 0 Å². The lowest BCUT2D eigenvalue weighted by Crippen LogP contribution is -2.65. The van der Waals surface area contributed by atoms with Crippen molar-refractivity contribution in [1.29, 1.82) is 0 Å². The second-order valence-electron chi connectivity index (χ2n) is 16.3. The molecule has 0 spiro atoms. The van der Waals surface area contributed by atoms with Crippen molar-refractivity contribution in [1.82, 2.24) is 20.9 Å². The monoisotopic (exact) mass is 673 g/mol. The highest BCUT2D eigenvalue weighted by Crippen LogP contribution is 2.38. The van der Waals surface area contributed by atoms with Gasteiger partial charge in [-0.1, -0.05) is 66.9 Å². The largest absolute Gasteiger partial charge is 0.458 e. The number of Topliss-reactive ketones (excluding diaryl/α,β-unsaturated/α-hetero) is 1. The van der Waals surface area contributed by atoms with Crippen LogP contribution in [-0.4, -0.2) is 76.2 Å². The minimum Gasteiger partial charge on any atom is -0.458 e. The molecule has 12 nitrogen and oxygen atoms in total. The van der Waals surface area contributed by atoms with E-state index in [1.165, 1.54) is 4.90 Å². The highest BCUT2D eigenvalue weighted by Gasteiger charge is 2.51. The number of nitrogens with two attached hydrogens (primary N) is 1. The topological polar surface area (TPSA) is 177 Å². The molecule has 2 aliphatic carbocycles. The number of primary amides is 1. The van der Waals surface area contributed by atoms with Gasteiger partial charge in [-0.15, -0.1) is 0 Å². The van der Waals surface area contributed by atoms with Gasteiger partial charge in [0.25, 0.3) is 11.8 Å². The number of hydrogen-bond donors (Lipinski definition) is 4. The van der Waals surface area contributed by atoms with E-state index >= 15 is 0 Å². The molecular weight excluding hydrogens is 614 g/mol. The van der Waals surface area contributed by atoms with E-state index in [-0.39, 0.29) is 30.7 Å². The number of urea groups is 1. The van der Waals surface area contributed by atoms with Crippen LogP contribution >= 0.6 is 0 Å². The third kappa shape index (κ3) is 9.37. The third-order valence-corrected chi connectivity index (χ3v) is 10.1. The van der Waals surface area contributed by atoms with E-state index < -0.39 is 70.2 Å². The van der Waals surface area contributed by atoms with Gasteiger partial charge in [0.05, 0.1) is 6.04 Å². The smallest absolute Gasteiger partial charge is 0.329 e. The first kappa shape index (κ1) is 39.0. The third-order valence-electron chi connectivity index (χ3n) is 10.1. The molecule has 48 heavy (non-hydrogen) atoms. The maximum Gasteiger partial charge on any atom is 0.329 e. The lowest BCUT2D eigenvalue weighted by atomic mass is 9.80. The Morgan fingerprint density at radius 2 is 1.65 bits per heavy atom. The Bertz CT molecular complexity index is 1280. The van der Waals surface area contributed by atoms with E-state index in [0.717, 1.165) is 37.7 Å². The molecule has 12 heteroatoms. The maximum atomic E-state index is 14.9. The summed E-state index contributed by atoms with van der Waals surface area (Å²) in [6.07, 6.45) is 7.86. The summed E-state index contributed by atoms with van der Waals surface area (Å²) in [6.45, 7) is 16.9. The van der Waals surface area contributed by atoms with E-state index in [1.807, 2.05) is 47.6 Å². The fourth-order valence-corrected chi connectivity index (χ4v) is 6.95. The van der Waals surface area contributed by atoms with Crippen LogP contribution in [0.25, 0.3) is 0 Å². The van der Waals surface area contributed by atoms with Crippen molar-refractivity contribution in [3.05, 3.63) is 11.6 Å². The number of hydrogen-bond acceptors (Lipinski definition) is 7. The lowest BCUT2D eigenvalue weighted by Gasteiger charge is -2.40. The van der Waals surface area contributed by atoms with E-state index in [4.69, 9.17) is 10.5 Å². The molecule has 0 bridgehead atoms. The van der Waals surface area contributed by atoms with Gasteiger partial charge >= 0.3 is 12.0 Å². The second kappa shape index (κ2) is 15.4. The first-order chi connectivity index (χ1) is 22.2.